The molecule has 0 unspecified atom stereocenters. The minimum Gasteiger partial charge on any atom is -0.346 e. The molecule has 6 heteroatoms. The summed E-state index contributed by atoms with van der Waals surface area (Å²) in [6, 6.07) is 11.1. The SMILES string of the molecule is Cc1ccnc([C@@H](NC(=O)Cn2[nH]c3ccccc3c2=O)C2CC2)c1. The number of hydrogen-bond acceptors (Lipinski definition) is 3. The van der Waals surface area contributed by atoms with Gasteiger partial charge in [0.15, 0.2) is 0 Å². The number of aromatic nitrogens is 3. The lowest BCUT2D eigenvalue weighted by Crippen LogP contribution is -2.35. The van der Waals surface area contributed by atoms with Crippen LogP contribution in [-0.4, -0.2) is 20.7 Å². The lowest BCUT2D eigenvalue weighted by Gasteiger charge is -2.18. The van der Waals surface area contributed by atoms with Gasteiger partial charge in [-0.05, 0) is 55.5 Å². The number of rotatable bonds is 5. The molecule has 2 aromatic heterocycles. The first-order valence-electron chi connectivity index (χ1n) is 8.51. The van der Waals surface area contributed by atoms with Crippen molar-refractivity contribution >= 4 is 16.8 Å². The van der Waals surface area contributed by atoms with Crippen molar-refractivity contribution in [1.82, 2.24) is 20.1 Å². The number of para-hydroxylation sites is 1. The molecule has 3 aromatic rings. The van der Waals surface area contributed by atoms with E-state index in [2.05, 4.69) is 15.4 Å². The molecule has 1 aliphatic rings. The molecule has 0 saturated heterocycles. The van der Waals surface area contributed by atoms with Crippen LogP contribution in [0.1, 0.15) is 30.1 Å². The van der Waals surface area contributed by atoms with Gasteiger partial charge in [-0.15, -0.1) is 0 Å². The molecule has 1 saturated carbocycles. The lowest BCUT2D eigenvalue weighted by molar-refractivity contribution is -0.122. The Balaban J connectivity index is 1.54. The van der Waals surface area contributed by atoms with E-state index in [-0.39, 0.29) is 24.1 Å². The Morgan fingerprint density at radius 2 is 2.16 bits per heavy atom. The Labute approximate surface area is 144 Å². The number of amides is 1. The molecule has 4 rings (SSSR count). The second kappa shape index (κ2) is 6.20. The van der Waals surface area contributed by atoms with Crippen LogP contribution in [0.15, 0.2) is 47.4 Å². The molecular weight excluding hydrogens is 316 g/mol. The fraction of sp³-hybridized carbons (Fsp3) is 0.316. The zero-order chi connectivity index (χ0) is 17.4. The molecule has 1 amide bonds. The number of H-pyrrole nitrogens is 1. The van der Waals surface area contributed by atoms with Crippen LogP contribution < -0.4 is 10.9 Å². The van der Waals surface area contributed by atoms with Gasteiger partial charge in [0.1, 0.15) is 6.54 Å². The fourth-order valence-corrected chi connectivity index (χ4v) is 3.18. The van der Waals surface area contributed by atoms with Crippen molar-refractivity contribution in [2.24, 2.45) is 5.92 Å². The average Bonchev–Trinajstić information content (AvgIpc) is 3.39. The maximum Gasteiger partial charge on any atom is 0.274 e. The molecule has 1 aromatic carbocycles. The number of fused-ring (bicyclic) bond motifs is 1. The highest BCUT2D eigenvalue weighted by atomic mass is 16.2. The number of aromatic amines is 1. The zero-order valence-corrected chi connectivity index (χ0v) is 14.0. The monoisotopic (exact) mass is 336 g/mol. The van der Waals surface area contributed by atoms with Gasteiger partial charge in [0, 0.05) is 6.20 Å². The minimum absolute atomic E-state index is 0.0252. The Hall–Kier alpha value is -2.89. The second-order valence-corrected chi connectivity index (χ2v) is 6.69. The molecule has 1 fully saturated rings. The number of benzene rings is 1. The van der Waals surface area contributed by atoms with Gasteiger partial charge in [-0.2, -0.15) is 0 Å². The van der Waals surface area contributed by atoms with E-state index >= 15 is 0 Å². The molecule has 0 radical (unpaired) electrons. The summed E-state index contributed by atoms with van der Waals surface area (Å²) in [4.78, 5) is 29.3. The van der Waals surface area contributed by atoms with Gasteiger partial charge in [0.25, 0.3) is 5.56 Å². The normalized spacial score (nSPS) is 15.2. The highest BCUT2D eigenvalue weighted by Crippen LogP contribution is 2.40. The first-order chi connectivity index (χ1) is 12.1. The van der Waals surface area contributed by atoms with Crippen LogP contribution >= 0.6 is 0 Å². The van der Waals surface area contributed by atoms with Gasteiger partial charge >= 0.3 is 0 Å². The van der Waals surface area contributed by atoms with Crippen LogP contribution in [0.3, 0.4) is 0 Å². The van der Waals surface area contributed by atoms with Crippen LogP contribution in [0.2, 0.25) is 0 Å². The van der Waals surface area contributed by atoms with Gasteiger partial charge in [0.05, 0.1) is 22.6 Å². The predicted octanol–water partition coefficient (Wildman–Crippen LogP) is 2.30. The van der Waals surface area contributed by atoms with E-state index in [9.17, 15) is 9.59 Å². The van der Waals surface area contributed by atoms with Gasteiger partial charge in [-0.25, -0.2) is 4.68 Å². The molecule has 0 bridgehead atoms. The van der Waals surface area contributed by atoms with Crippen molar-refractivity contribution < 1.29 is 4.79 Å². The molecule has 128 valence electrons. The summed E-state index contributed by atoms with van der Waals surface area (Å²) in [6.07, 6.45) is 3.95. The predicted molar refractivity (Wildman–Crippen MR) is 95.1 cm³/mol. The van der Waals surface area contributed by atoms with Crippen LogP contribution in [0.25, 0.3) is 10.9 Å². The summed E-state index contributed by atoms with van der Waals surface area (Å²) < 4.78 is 1.35. The Bertz CT molecular complexity index is 984. The summed E-state index contributed by atoms with van der Waals surface area (Å²) in [5.41, 5.74) is 2.57. The van der Waals surface area contributed by atoms with Crippen molar-refractivity contribution in [3.8, 4) is 0 Å². The minimum atomic E-state index is -0.186. The first kappa shape index (κ1) is 15.6. The van der Waals surface area contributed by atoms with E-state index in [4.69, 9.17) is 0 Å². The number of nitrogens with zero attached hydrogens (tertiary/aromatic N) is 2. The summed E-state index contributed by atoms with van der Waals surface area (Å²) in [5.74, 6) is 0.242. The van der Waals surface area contributed by atoms with Gasteiger partial charge in [-0.3, -0.25) is 19.7 Å². The van der Waals surface area contributed by atoms with Gasteiger partial charge in [0.2, 0.25) is 5.91 Å². The third kappa shape index (κ3) is 3.20. The topological polar surface area (TPSA) is 79.8 Å². The maximum absolute atomic E-state index is 12.5. The lowest BCUT2D eigenvalue weighted by atomic mass is 10.1. The molecule has 1 atom stereocenters. The summed E-state index contributed by atoms with van der Waals surface area (Å²) in [7, 11) is 0. The van der Waals surface area contributed by atoms with E-state index in [0.29, 0.717) is 11.3 Å². The molecule has 1 aliphatic carbocycles. The second-order valence-electron chi connectivity index (χ2n) is 6.69. The van der Waals surface area contributed by atoms with Gasteiger partial charge in [-0.1, -0.05) is 12.1 Å². The first-order valence-corrected chi connectivity index (χ1v) is 8.51. The molecule has 0 aliphatic heterocycles. The number of carbonyl (C=O) groups is 1. The Morgan fingerprint density at radius 3 is 2.88 bits per heavy atom. The number of aryl methyl sites for hydroxylation is 1. The van der Waals surface area contributed by atoms with Crippen LogP contribution in [-0.2, 0) is 11.3 Å². The van der Waals surface area contributed by atoms with Crippen LogP contribution in [0, 0.1) is 12.8 Å². The average molecular weight is 336 g/mol. The zero-order valence-electron chi connectivity index (χ0n) is 14.0. The largest absolute Gasteiger partial charge is 0.346 e. The van der Waals surface area contributed by atoms with Crippen molar-refractivity contribution in [1.29, 1.82) is 0 Å². The van der Waals surface area contributed by atoms with Crippen LogP contribution in [0.5, 0.6) is 0 Å². The highest BCUT2D eigenvalue weighted by Gasteiger charge is 2.34. The third-order valence-electron chi connectivity index (χ3n) is 4.62. The van der Waals surface area contributed by atoms with E-state index in [0.717, 1.165) is 29.6 Å². The molecular formula is C19H20N4O2. The van der Waals surface area contributed by atoms with E-state index in [1.807, 2.05) is 37.3 Å². The summed E-state index contributed by atoms with van der Waals surface area (Å²) in [6.45, 7) is 1.99. The highest BCUT2D eigenvalue weighted by molar-refractivity contribution is 5.79. The summed E-state index contributed by atoms with van der Waals surface area (Å²) >= 11 is 0. The molecule has 0 spiro atoms. The third-order valence-corrected chi connectivity index (χ3v) is 4.62. The van der Waals surface area contributed by atoms with Crippen molar-refractivity contribution in [3.05, 3.63) is 64.2 Å². The van der Waals surface area contributed by atoms with E-state index < -0.39 is 0 Å². The molecule has 6 nitrogen and oxygen atoms in total. The quantitative estimate of drug-likeness (QED) is 0.750. The Morgan fingerprint density at radius 1 is 1.36 bits per heavy atom. The standard InChI is InChI=1S/C19H20N4O2/c1-12-8-9-20-16(10-12)18(13-6-7-13)21-17(24)11-23-19(25)14-4-2-3-5-15(14)22-23/h2-5,8-10,13,18,22H,6-7,11H2,1H3,(H,21,24)/t18-/m0/s1. The van der Waals surface area contributed by atoms with Crippen molar-refractivity contribution in [2.45, 2.75) is 32.4 Å². The molecule has 2 heterocycles. The fourth-order valence-electron chi connectivity index (χ4n) is 3.18. The van der Waals surface area contributed by atoms with E-state index in [1.165, 1.54) is 4.68 Å². The van der Waals surface area contributed by atoms with Crippen molar-refractivity contribution in [3.63, 3.8) is 0 Å². The number of pyridine rings is 1. The van der Waals surface area contributed by atoms with Gasteiger partial charge < -0.3 is 5.32 Å². The molecule has 2 N–H and O–H groups in total. The number of nitrogens with one attached hydrogen (secondary N) is 2. The smallest absolute Gasteiger partial charge is 0.274 e. The number of hydrogen-bond donors (Lipinski definition) is 2. The summed E-state index contributed by atoms with van der Waals surface area (Å²) in [5, 5.41) is 6.64. The molecule has 25 heavy (non-hydrogen) atoms. The van der Waals surface area contributed by atoms with E-state index in [1.54, 1.807) is 12.3 Å². The maximum atomic E-state index is 12.5. The van der Waals surface area contributed by atoms with Crippen molar-refractivity contribution in [2.75, 3.05) is 0 Å². The Kier molecular flexibility index (Phi) is 3.87. The van der Waals surface area contributed by atoms with Crippen LogP contribution in [0.4, 0.5) is 0 Å². The number of carbonyl (C=O) groups excluding carboxylic acids is 1.